The Morgan fingerprint density at radius 3 is 2.75 bits per heavy atom. The van der Waals surface area contributed by atoms with Gasteiger partial charge >= 0.3 is 0 Å². The SMILES string of the molecule is CNc1ccc(C(=O)Nc2ccsc2)nn1. The molecule has 6 heteroatoms. The molecule has 0 unspecified atom stereocenters. The fraction of sp³-hybridized carbons (Fsp3) is 0.100. The van der Waals surface area contributed by atoms with Crippen molar-refractivity contribution in [2.45, 2.75) is 0 Å². The average molecular weight is 234 g/mol. The number of rotatable bonds is 3. The molecule has 1 amide bonds. The number of carbonyl (C=O) groups excluding carboxylic acids is 1. The number of carbonyl (C=O) groups is 1. The number of amides is 1. The Kier molecular flexibility index (Phi) is 3.11. The van der Waals surface area contributed by atoms with E-state index in [0.717, 1.165) is 5.69 Å². The summed E-state index contributed by atoms with van der Waals surface area (Å²) < 4.78 is 0. The highest BCUT2D eigenvalue weighted by Gasteiger charge is 2.08. The lowest BCUT2D eigenvalue weighted by Crippen LogP contribution is -2.14. The first kappa shape index (κ1) is 10.6. The van der Waals surface area contributed by atoms with Crippen LogP contribution < -0.4 is 10.6 Å². The van der Waals surface area contributed by atoms with Crippen LogP contribution in [0.1, 0.15) is 10.5 Å². The molecule has 2 N–H and O–H groups in total. The van der Waals surface area contributed by atoms with E-state index in [1.165, 1.54) is 11.3 Å². The lowest BCUT2D eigenvalue weighted by Gasteiger charge is -2.02. The van der Waals surface area contributed by atoms with Crippen molar-refractivity contribution >= 4 is 28.7 Å². The van der Waals surface area contributed by atoms with E-state index in [1.807, 2.05) is 16.8 Å². The molecule has 2 aromatic rings. The van der Waals surface area contributed by atoms with E-state index in [4.69, 9.17) is 0 Å². The first-order chi connectivity index (χ1) is 7.79. The van der Waals surface area contributed by atoms with Crippen LogP contribution in [-0.4, -0.2) is 23.2 Å². The maximum Gasteiger partial charge on any atom is 0.276 e. The molecular formula is C10H10N4OS. The van der Waals surface area contributed by atoms with Gasteiger partial charge < -0.3 is 10.6 Å². The van der Waals surface area contributed by atoms with Gasteiger partial charge in [-0.1, -0.05) is 0 Å². The predicted octanol–water partition coefficient (Wildman–Crippen LogP) is 1.83. The summed E-state index contributed by atoms with van der Waals surface area (Å²) in [6.07, 6.45) is 0. The topological polar surface area (TPSA) is 66.9 Å². The Morgan fingerprint density at radius 2 is 2.19 bits per heavy atom. The summed E-state index contributed by atoms with van der Waals surface area (Å²) in [5.41, 5.74) is 1.07. The zero-order chi connectivity index (χ0) is 11.4. The molecule has 0 aliphatic rings. The van der Waals surface area contributed by atoms with Crippen molar-refractivity contribution in [3.63, 3.8) is 0 Å². The first-order valence-corrected chi connectivity index (χ1v) is 5.59. The Hall–Kier alpha value is -1.95. The fourth-order valence-corrected chi connectivity index (χ4v) is 1.71. The van der Waals surface area contributed by atoms with Gasteiger partial charge in [0.15, 0.2) is 5.69 Å². The molecule has 82 valence electrons. The zero-order valence-electron chi connectivity index (χ0n) is 8.60. The number of hydrogen-bond donors (Lipinski definition) is 2. The highest BCUT2D eigenvalue weighted by molar-refractivity contribution is 7.08. The Balaban J connectivity index is 2.09. The minimum absolute atomic E-state index is 0.256. The molecule has 2 heterocycles. The third kappa shape index (κ3) is 2.34. The number of aromatic nitrogens is 2. The number of thiophene rings is 1. The van der Waals surface area contributed by atoms with E-state index in [0.29, 0.717) is 11.5 Å². The van der Waals surface area contributed by atoms with E-state index >= 15 is 0 Å². The highest BCUT2D eigenvalue weighted by atomic mass is 32.1. The van der Waals surface area contributed by atoms with E-state index in [-0.39, 0.29) is 5.91 Å². The van der Waals surface area contributed by atoms with Gasteiger partial charge in [0.25, 0.3) is 5.91 Å². The monoisotopic (exact) mass is 234 g/mol. The molecule has 0 atom stereocenters. The summed E-state index contributed by atoms with van der Waals surface area (Å²) in [6, 6.07) is 5.16. The van der Waals surface area contributed by atoms with Crippen LogP contribution in [0.15, 0.2) is 29.0 Å². The van der Waals surface area contributed by atoms with Crippen molar-refractivity contribution < 1.29 is 4.79 Å². The minimum atomic E-state index is -0.256. The van der Waals surface area contributed by atoms with Crippen LogP contribution in [-0.2, 0) is 0 Å². The average Bonchev–Trinajstić information content (AvgIpc) is 2.82. The second-order valence-corrected chi connectivity index (χ2v) is 3.80. The van der Waals surface area contributed by atoms with Crippen LogP contribution in [0.2, 0.25) is 0 Å². The summed E-state index contributed by atoms with van der Waals surface area (Å²) in [6.45, 7) is 0. The zero-order valence-corrected chi connectivity index (χ0v) is 9.41. The van der Waals surface area contributed by atoms with Gasteiger partial charge in [0, 0.05) is 12.4 Å². The maximum atomic E-state index is 11.7. The standard InChI is InChI=1S/C10H10N4OS/c1-11-9-3-2-8(13-14-9)10(15)12-7-4-5-16-6-7/h2-6H,1H3,(H,11,14)(H,12,15). The summed E-state index contributed by atoms with van der Waals surface area (Å²) in [5.74, 6) is 0.376. The molecule has 2 rings (SSSR count). The highest BCUT2D eigenvalue weighted by Crippen LogP contribution is 2.12. The van der Waals surface area contributed by atoms with Crippen molar-refractivity contribution in [2.24, 2.45) is 0 Å². The second-order valence-electron chi connectivity index (χ2n) is 3.02. The number of anilines is 2. The van der Waals surface area contributed by atoms with Gasteiger partial charge in [-0.3, -0.25) is 4.79 Å². The van der Waals surface area contributed by atoms with Crippen LogP contribution in [0.4, 0.5) is 11.5 Å². The van der Waals surface area contributed by atoms with Gasteiger partial charge in [-0.05, 0) is 23.6 Å². The summed E-state index contributed by atoms with van der Waals surface area (Å²) in [5, 5.41) is 16.9. The quantitative estimate of drug-likeness (QED) is 0.850. The molecular weight excluding hydrogens is 224 g/mol. The molecule has 16 heavy (non-hydrogen) atoms. The molecule has 0 radical (unpaired) electrons. The van der Waals surface area contributed by atoms with Crippen molar-refractivity contribution in [1.29, 1.82) is 0 Å². The van der Waals surface area contributed by atoms with Gasteiger partial charge in [0.1, 0.15) is 5.82 Å². The molecule has 0 saturated carbocycles. The first-order valence-electron chi connectivity index (χ1n) is 4.64. The van der Waals surface area contributed by atoms with E-state index in [2.05, 4.69) is 20.8 Å². The molecule has 0 aliphatic carbocycles. The van der Waals surface area contributed by atoms with Crippen molar-refractivity contribution in [3.8, 4) is 0 Å². The van der Waals surface area contributed by atoms with E-state index < -0.39 is 0 Å². The number of nitrogens with one attached hydrogen (secondary N) is 2. The van der Waals surface area contributed by atoms with E-state index in [9.17, 15) is 4.79 Å². The molecule has 2 aromatic heterocycles. The number of hydrogen-bond acceptors (Lipinski definition) is 5. The van der Waals surface area contributed by atoms with Gasteiger partial charge in [0.2, 0.25) is 0 Å². The van der Waals surface area contributed by atoms with Crippen LogP contribution >= 0.6 is 11.3 Å². The van der Waals surface area contributed by atoms with Crippen molar-refractivity contribution in [2.75, 3.05) is 17.7 Å². The van der Waals surface area contributed by atoms with Crippen LogP contribution in [0.3, 0.4) is 0 Å². The smallest absolute Gasteiger partial charge is 0.276 e. The molecule has 0 spiro atoms. The molecule has 0 fully saturated rings. The van der Waals surface area contributed by atoms with Crippen molar-refractivity contribution in [3.05, 3.63) is 34.7 Å². The summed E-state index contributed by atoms with van der Waals surface area (Å²) in [7, 11) is 1.75. The van der Waals surface area contributed by atoms with Gasteiger partial charge in [-0.15, -0.1) is 10.2 Å². The number of nitrogens with zero attached hydrogens (tertiary/aromatic N) is 2. The van der Waals surface area contributed by atoms with Crippen molar-refractivity contribution in [1.82, 2.24) is 10.2 Å². The third-order valence-electron chi connectivity index (χ3n) is 1.93. The predicted molar refractivity (Wildman–Crippen MR) is 63.9 cm³/mol. The molecule has 5 nitrogen and oxygen atoms in total. The minimum Gasteiger partial charge on any atom is -0.372 e. The summed E-state index contributed by atoms with van der Waals surface area (Å²) >= 11 is 1.52. The second kappa shape index (κ2) is 4.71. The Morgan fingerprint density at radius 1 is 1.31 bits per heavy atom. The maximum absolute atomic E-state index is 11.7. The van der Waals surface area contributed by atoms with Gasteiger partial charge in [-0.25, -0.2) is 0 Å². The summed E-state index contributed by atoms with van der Waals surface area (Å²) in [4.78, 5) is 11.7. The largest absolute Gasteiger partial charge is 0.372 e. The van der Waals surface area contributed by atoms with Gasteiger partial charge in [-0.2, -0.15) is 11.3 Å². The Labute approximate surface area is 96.5 Å². The lowest BCUT2D eigenvalue weighted by molar-refractivity contribution is 0.102. The fourth-order valence-electron chi connectivity index (χ4n) is 1.12. The van der Waals surface area contributed by atoms with Gasteiger partial charge in [0.05, 0.1) is 5.69 Å². The van der Waals surface area contributed by atoms with Crippen LogP contribution in [0.25, 0.3) is 0 Å². The molecule has 0 saturated heterocycles. The molecule has 0 aliphatic heterocycles. The van der Waals surface area contributed by atoms with Crippen LogP contribution in [0, 0.1) is 0 Å². The van der Waals surface area contributed by atoms with E-state index in [1.54, 1.807) is 19.2 Å². The normalized spacial score (nSPS) is 9.81. The van der Waals surface area contributed by atoms with Crippen LogP contribution in [0.5, 0.6) is 0 Å². The third-order valence-corrected chi connectivity index (χ3v) is 2.62. The molecule has 0 bridgehead atoms. The lowest BCUT2D eigenvalue weighted by atomic mass is 10.3. The molecule has 0 aromatic carbocycles. The Bertz CT molecular complexity index is 466.